The second-order valence-electron chi connectivity index (χ2n) is 7.76. The van der Waals surface area contributed by atoms with Crippen LogP contribution >= 0.6 is 0 Å². The van der Waals surface area contributed by atoms with E-state index >= 15 is 0 Å². The smallest absolute Gasteiger partial charge is 0.210 e. The van der Waals surface area contributed by atoms with Gasteiger partial charge in [0, 0.05) is 51.1 Å². The van der Waals surface area contributed by atoms with Gasteiger partial charge in [0.1, 0.15) is 12.6 Å². The molecule has 0 spiro atoms. The van der Waals surface area contributed by atoms with Crippen molar-refractivity contribution in [3.8, 4) is 6.07 Å². The summed E-state index contributed by atoms with van der Waals surface area (Å²) >= 11 is 0. The van der Waals surface area contributed by atoms with Gasteiger partial charge >= 0.3 is 0 Å². The number of nitrogen functional groups attached to an aromatic ring is 1. The average Bonchev–Trinajstić information content (AvgIpc) is 3.39. The number of aryl methyl sites for hydroxylation is 1. The van der Waals surface area contributed by atoms with Crippen molar-refractivity contribution in [3.63, 3.8) is 0 Å². The number of fused-ring (bicyclic) bond motifs is 2. The van der Waals surface area contributed by atoms with E-state index in [9.17, 15) is 4.79 Å². The number of piperidine rings is 1. The number of methoxy groups -OCH3 is 1. The third kappa shape index (κ3) is 11.5. The third-order valence-corrected chi connectivity index (χ3v) is 5.19. The van der Waals surface area contributed by atoms with Crippen LogP contribution in [0.1, 0.15) is 44.1 Å². The lowest BCUT2D eigenvalue weighted by Gasteiger charge is -2.31. The Morgan fingerprint density at radius 2 is 1.78 bits per heavy atom. The molecule has 3 aliphatic rings. The SMILES string of the molecule is C=O.COC.Cc1ccc(N)nc1.N#CCN1CCCC1.N=C1C[C@H]2CC[C@@H](C1)N2C=O. The van der Waals surface area contributed by atoms with E-state index < -0.39 is 0 Å². The highest BCUT2D eigenvalue weighted by Crippen LogP contribution is 2.32. The molecule has 9 nitrogen and oxygen atoms in total. The summed E-state index contributed by atoms with van der Waals surface area (Å²) < 4.78 is 4.25. The number of hydrogen-bond acceptors (Lipinski definition) is 8. The predicted molar refractivity (Wildman–Crippen MR) is 126 cm³/mol. The predicted octanol–water partition coefficient (Wildman–Crippen LogP) is 2.45. The third-order valence-electron chi connectivity index (χ3n) is 5.19. The molecule has 0 saturated carbocycles. The molecule has 0 unspecified atom stereocenters. The minimum atomic E-state index is 0.360. The Bertz CT molecular complexity index is 649. The number of nitriles is 1. The molecular weight excluding hydrogens is 408 g/mol. The highest BCUT2D eigenvalue weighted by Gasteiger charge is 2.37. The van der Waals surface area contributed by atoms with Crippen LogP contribution in [0.5, 0.6) is 0 Å². The number of carbonyl (C=O) groups excluding carboxylic acids is 2. The van der Waals surface area contributed by atoms with Crippen molar-refractivity contribution in [2.45, 2.75) is 57.5 Å². The van der Waals surface area contributed by atoms with Gasteiger partial charge in [-0.15, -0.1) is 0 Å². The van der Waals surface area contributed by atoms with Gasteiger partial charge in [0.25, 0.3) is 0 Å². The number of anilines is 1. The minimum Gasteiger partial charge on any atom is -0.388 e. The first-order valence-electron chi connectivity index (χ1n) is 10.7. The van der Waals surface area contributed by atoms with Gasteiger partial charge in [0.15, 0.2) is 0 Å². The van der Waals surface area contributed by atoms with Crippen molar-refractivity contribution in [2.24, 2.45) is 0 Å². The number of hydrogen-bond donors (Lipinski definition) is 2. The maximum atomic E-state index is 10.6. The second-order valence-corrected chi connectivity index (χ2v) is 7.76. The normalized spacial score (nSPS) is 20.6. The Kier molecular flexibility index (Phi) is 16.2. The first-order chi connectivity index (χ1) is 15.4. The van der Waals surface area contributed by atoms with Crippen molar-refractivity contribution < 1.29 is 14.3 Å². The summed E-state index contributed by atoms with van der Waals surface area (Å²) in [5.74, 6) is 0.579. The molecule has 3 saturated heterocycles. The molecule has 3 fully saturated rings. The first kappa shape index (κ1) is 29.2. The van der Waals surface area contributed by atoms with Crippen LogP contribution in [-0.4, -0.2) is 79.6 Å². The standard InChI is InChI=1S/C8H12N2O.C6H8N2.C6H10N2.C2H6O.CH2O/c9-6-3-7-1-2-8(4-6)10(7)5-11;1-5-2-3-6(7)8-4-5;7-3-6-8-4-1-2-5-8;1-3-2;1-2/h5,7-9H,1-4H2;2-4H,1H3,(H2,7,8);1-2,4-6H2;1-2H3;1H2/t7-,8+;;;;. The Balaban J connectivity index is 0.000000416. The molecule has 1 aromatic heterocycles. The fourth-order valence-corrected chi connectivity index (χ4v) is 3.74. The lowest BCUT2D eigenvalue weighted by atomic mass is 10.0. The summed E-state index contributed by atoms with van der Waals surface area (Å²) in [6.07, 6.45) is 9.09. The van der Waals surface area contributed by atoms with Crippen molar-refractivity contribution in [1.82, 2.24) is 14.8 Å². The zero-order valence-electron chi connectivity index (χ0n) is 19.6. The van der Waals surface area contributed by atoms with E-state index in [0.29, 0.717) is 24.4 Å². The van der Waals surface area contributed by atoms with Crippen molar-refractivity contribution in [3.05, 3.63) is 23.9 Å². The molecule has 0 aliphatic carbocycles. The molecule has 4 heterocycles. The number of ether oxygens (including phenoxy) is 1. The summed E-state index contributed by atoms with van der Waals surface area (Å²) in [6, 6.07) is 6.58. The van der Waals surface area contributed by atoms with Gasteiger partial charge in [0.05, 0.1) is 12.6 Å². The van der Waals surface area contributed by atoms with Crippen LogP contribution in [0.15, 0.2) is 18.3 Å². The van der Waals surface area contributed by atoms with Gasteiger partial charge in [-0.3, -0.25) is 9.69 Å². The van der Waals surface area contributed by atoms with Crippen LogP contribution in [-0.2, 0) is 14.3 Å². The monoisotopic (exact) mass is 446 g/mol. The Hall–Kier alpha value is -2.83. The highest BCUT2D eigenvalue weighted by molar-refractivity contribution is 5.84. The van der Waals surface area contributed by atoms with Crippen molar-refractivity contribution in [2.75, 3.05) is 39.6 Å². The van der Waals surface area contributed by atoms with E-state index in [1.54, 1.807) is 26.5 Å². The zero-order valence-corrected chi connectivity index (χ0v) is 19.6. The largest absolute Gasteiger partial charge is 0.388 e. The summed E-state index contributed by atoms with van der Waals surface area (Å²) in [5.41, 5.74) is 7.28. The lowest BCUT2D eigenvalue weighted by molar-refractivity contribution is -0.120. The van der Waals surface area contributed by atoms with Gasteiger partial charge in [-0.2, -0.15) is 5.26 Å². The van der Waals surface area contributed by atoms with Crippen LogP contribution in [0.3, 0.4) is 0 Å². The molecule has 178 valence electrons. The summed E-state index contributed by atoms with van der Waals surface area (Å²) in [5, 5.41) is 15.7. The first-order valence-corrected chi connectivity index (χ1v) is 10.7. The van der Waals surface area contributed by atoms with Crippen molar-refractivity contribution in [1.29, 1.82) is 10.7 Å². The molecule has 32 heavy (non-hydrogen) atoms. The average molecular weight is 447 g/mol. The van der Waals surface area contributed by atoms with Gasteiger partial charge in [-0.1, -0.05) is 6.07 Å². The number of nitrogens with two attached hydrogens (primary N) is 1. The van der Waals surface area contributed by atoms with E-state index in [-0.39, 0.29) is 0 Å². The Morgan fingerprint density at radius 1 is 1.25 bits per heavy atom. The highest BCUT2D eigenvalue weighted by atomic mass is 16.4. The maximum Gasteiger partial charge on any atom is 0.210 e. The Morgan fingerprint density at radius 3 is 2.16 bits per heavy atom. The van der Waals surface area contributed by atoms with Crippen LogP contribution in [0, 0.1) is 23.7 Å². The molecule has 0 radical (unpaired) electrons. The minimum absolute atomic E-state index is 0.360. The van der Waals surface area contributed by atoms with Crippen LogP contribution < -0.4 is 5.73 Å². The molecule has 9 heteroatoms. The molecule has 1 amide bonds. The maximum absolute atomic E-state index is 10.6. The lowest BCUT2D eigenvalue weighted by Crippen LogP contribution is -2.41. The molecule has 2 bridgehead atoms. The number of amides is 1. The van der Waals surface area contributed by atoms with E-state index in [4.69, 9.17) is 21.2 Å². The quantitative estimate of drug-likeness (QED) is 0.526. The fraction of sp³-hybridized carbons (Fsp3) is 0.609. The zero-order chi connectivity index (χ0) is 24.4. The van der Waals surface area contributed by atoms with Gasteiger partial charge in [-0.05, 0) is 57.3 Å². The number of pyridine rings is 1. The number of aromatic nitrogens is 1. The number of nitrogens with one attached hydrogen (secondary N) is 1. The number of rotatable bonds is 2. The van der Waals surface area contributed by atoms with Crippen molar-refractivity contribution >= 4 is 24.7 Å². The van der Waals surface area contributed by atoms with Crippen LogP contribution in [0.2, 0.25) is 0 Å². The van der Waals surface area contributed by atoms with Gasteiger partial charge in [-0.25, -0.2) is 4.98 Å². The van der Waals surface area contributed by atoms with E-state index in [1.165, 1.54) is 12.8 Å². The molecule has 0 aromatic carbocycles. The van der Waals surface area contributed by atoms with Crippen LogP contribution in [0.4, 0.5) is 5.82 Å². The van der Waals surface area contributed by atoms with Gasteiger partial charge < -0.3 is 25.6 Å². The summed E-state index contributed by atoms with van der Waals surface area (Å²) in [4.78, 5) is 26.5. The van der Waals surface area contributed by atoms with E-state index in [2.05, 4.69) is 20.7 Å². The number of likely N-dealkylation sites (tertiary alicyclic amines) is 1. The van der Waals surface area contributed by atoms with E-state index in [0.717, 1.165) is 56.5 Å². The second kappa shape index (κ2) is 17.8. The van der Waals surface area contributed by atoms with Crippen LogP contribution in [0.25, 0.3) is 0 Å². The van der Waals surface area contributed by atoms with E-state index in [1.807, 2.05) is 24.7 Å². The molecular formula is C23H38N6O3. The number of nitrogens with zero attached hydrogens (tertiary/aromatic N) is 4. The molecule has 1 aromatic rings. The molecule has 3 aliphatic heterocycles. The topological polar surface area (TPSA) is 136 Å². The Labute approximate surface area is 192 Å². The van der Waals surface area contributed by atoms with Gasteiger partial charge in [0.2, 0.25) is 6.41 Å². The molecule has 2 atom stereocenters. The molecule has 4 rings (SSSR count). The number of carbonyl (C=O) groups is 2. The summed E-state index contributed by atoms with van der Waals surface area (Å²) in [7, 11) is 3.25. The molecule has 3 N–H and O–H groups in total. The summed E-state index contributed by atoms with van der Waals surface area (Å²) in [6.45, 7) is 6.87. The fourth-order valence-electron chi connectivity index (χ4n) is 3.74.